The predicted octanol–water partition coefficient (Wildman–Crippen LogP) is 11.7. The van der Waals surface area contributed by atoms with Gasteiger partial charge in [0.05, 0.1) is 11.4 Å². The molecule has 0 fully saturated rings. The Morgan fingerprint density at radius 3 is 1.18 bits per heavy atom. The zero-order valence-electron chi connectivity index (χ0n) is 25.1. The van der Waals surface area contributed by atoms with E-state index in [-0.39, 0.29) is 13.1 Å². The molecular formula is C33H45Cl2FeN2O+. The van der Waals surface area contributed by atoms with Gasteiger partial charge in [-0.25, -0.2) is 9.98 Å². The maximum atomic E-state index is 5.17. The molecule has 39 heavy (non-hydrogen) atoms. The van der Waals surface area contributed by atoms with E-state index in [9.17, 15) is 0 Å². The summed E-state index contributed by atoms with van der Waals surface area (Å²) >= 11 is 0.194. The zero-order chi connectivity index (χ0) is 29.3. The fraction of sp³-hybridized carbons (Fsp3) is 0.455. The van der Waals surface area contributed by atoms with Gasteiger partial charge in [-0.05, 0) is 59.8 Å². The second-order valence-corrected chi connectivity index (χ2v) is 13.0. The van der Waals surface area contributed by atoms with Gasteiger partial charge in [-0.1, -0.05) is 91.8 Å². The van der Waals surface area contributed by atoms with Crippen molar-refractivity contribution in [3.05, 3.63) is 82.3 Å². The van der Waals surface area contributed by atoms with Gasteiger partial charge in [0.1, 0.15) is 11.4 Å². The second kappa shape index (κ2) is 15.8. The van der Waals surface area contributed by atoms with Gasteiger partial charge >= 0.3 is 33.3 Å². The van der Waals surface area contributed by atoms with Gasteiger partial charge in [0.2, 0.25) is 0 Å². The second-order valence-electron chi connectivity index (χ2n) is 11.2. The summed E-state index contributed by atoms with van der Waals surface area (Å²) in [7, 11) is 9.53. The minimum absolute atomic E-state index is 0.194. The van der Waals surface area contributed by atoms with Gasteiger partial charge in [-0.2, -0.15) is 0 Å². The molecule has 214 valence electrons. The van der Waals surface area contributed by atoms with Crippen molar-refractivity contribution in [1.82, 2.24) is 0 Å². The first kappa shape index (κ1) is 33.4. The molecule has 6 heteroatoms. The van der Waals surface area contributed by atoms with Crippen LogP contribution < -0.4 is 0 Å². The monoisotopic (exact) mass is 611 g/mol. The first-order valence-corrected chi connectivity index (χ1v) is 16.8. The van der Waals surface area contributed by atoms with Crippen LogP contribution in [-0.2, 0) is 13.1 Å². The molecule has 0 aromatic heterocycles. The van der Waals surface area contributed by atoms with E-state index in [0.29, 0.717) is 23.7 Å². The topological polar surface area (TPSA) is 37.5 Å². The van der Waals surface area contributed by atoms with Crippen LogP contribution in [0.3, 0.4) is 0 Å². The molecule has 0 atom stereocenters. The molecule has 3 nitrogen and oxygen atoms in total. The number of benzene rings is 2. The van der Waals surface area contributed by atoms with Crippen LogP contribution in [0.1, 0.15) is 122 Å². The maximum absolute atomic E-state index is 5.17. The molecule has 0 bridgehead atoms. The van der Waals surface area contributed by atoms with Crippen LogP contribution >= 0.6 is 20.2 Å². The Kier molecular flexibility index (Phi) is 13.5. The van der Waals surface area contributed by atoms with Gasteiger partial charge in [0.15, 0.2) is 0 Å². The van der Waals surface area contributed by atoms with Crippen LogP contribution in [0.2, 0.25) is 0 Å². The third-order valence-electron chi connectivity index (χ3n) is 6.85. The van der Waals surface area contributed by atoms with Gasteiger partial charge in [-0.3, -0.25) is 0 Å². The van der Waals surface area contributed by atoms with Crippen molar-refractivity contribution in [2.24, 2.45) is 9.98 Å². The van der Waals surface area contributed by atoms with Gasteiger partial charge in [-0.15, -0.1) is 0 Å². The number of nitrogens with zero attached hydrogens (tertiary/aromatic N) is 2. The summed E-state index contributed by atoms with van der Waals surface area (Å²) in [6, 6.07) is 13.1. The van der Waals surface area contributed by atoms with Crippen LogP contribution in [0.4, 0.5) is 11.4 Å². The summed E-state index contributed by atoms with van der Waals surface area (Å²) < 4.78 is 5.03. The van der Waals surface area contributed by atoms with Gasteiger partial charge in [0, 0.05) is 18.6 Å². The Bertz CT molecular complexity index is 1090. The van der Waals surface area contributed by atoms with Crippen LogP contribution in [0, 0.1) is 0 Å². The average molecular weight is 612 g/mol. The van der Waals surface area contributed by atoms with Crippen molar-refractivity contribution in [2.75, 3.05) is 0 Å². The molecule has 0 amide bonds. The van der Waals surface area contributed by atoms with Crippen LogP contribution in [0.5, 0.6) is 0 Å². The fourth-order valence-corrected chi connectivity index (χ4v) is 4.69. The fourth-order valence-electron chi connectivity index (χ4n) is 4.69. The number of halogens is 2. The molecule has 1 aliphatic heterocycles. The Morgan fingerprint density at radius 2 is 0.923 bits per heavy atom. The van der Waals surface area contributed by atoms with E-state index in [4.69, 9.17) is 34.9 Å². The Hall–Kier alpha value is -1.84. The summed E-state index contributed by atoms with van der Waals surface area (Å²) in [6.07, 6.45) is 5.17. The Balaban J connectivity index is 0.00000170. The quantitative estimate of drug-likeness (QED) is 0.162. The normalized spacial score (nSPS) is 14.5. The van der Waals surface area contributed by atoms with E-state index < -0.39 is 0 Å². The zero-order valence-corrected chi connectivity index (χ0v) is 27.7. The standard InChI is InChI=1S/C33H44N2O.2ClH.Fe/c1-20(2)26-14-11-15-27(21(3)4)32(26)34-24(9)30-18-13-19-31(36-30)25(10)35-33-28(22(5)6)16-12-17-29(33)23(7)8;;;/h11-12,14-23H,13H2,1-10H3;2*1H;/q;;;+2/p-1. The molecule has 0 saturated carbocycles. The van der Waals surface area contributed by atoms with Crippen molar-refractivity contribution in [3.63, 3.8) is 0 Å². The summed E-state index contributed by atoms with van der Waals surface area (Å²) in [5.41, 5.74) is 9.26. The molecule has 0 spiro atoms. The van der Waals surface area contributed by atoms with Crippen molar-refractivity contribution >= 4 is 43.0 Å². The average Bonchev–Trinajstić information content (AvgIpc) is 2.88. The number of aliphatic imine (C=N–C) groups is 2. The molecular weight excluding hydrogens is 567 g/mol. The number of hydrogen-bond donors (Lipinski definition) is 0. The van der Waals surface area contributed by atoms with E-state index in [1.54, 1.807) is 0 Å². The Morgan fingerprint density at radius 1 is 0.641 bits per heavy atom. The summed E-state index contributed by atoms with van der Waals surface area (Å²) in [5, 5.41) is 0. The Labute approximate surface area is 251 Å². The molecule has 1 N–H and O–H groups in total. The van der Waals surface area contributed by atoms with Crippen LogP contribution in [0.25, 0.3) is 0 Å². The number of para-hydroxylation sites is 2. The molecule has 1 aliphatic rings. The number of ether oxygens (including phenoxy) is 1. The van der Waals surface area contributed by atoms with Crippen molar-refractivity contribution in [3.8, 4) is 0 Å². The summed E-state index contributed by atoms with van der Waals surface area (Å²) in [6.45, 7) is 22.0. The molecule has 0 radical (unpaired) electrons. The number of allylic oxidation sites excluding steroid dienone is 4. The van der Waals surface area contributed by atoms with Gasteiger partial charge in [0.25, 0.3) is 11.5 Å². The molecule has 0 saturated heterocycles. The molecule has 2 aromatic carbocycles. The molecule has 2 aromatic rings. The first-order chi connectivity index (χ1) is 18.4. The van der Waals surface area contributed by atoms with Crippen molar-refractivity contribution in [2.45, 2.75) is 99.3 Å². The number of aliphatic hydroxyl groups is 2. The number of rotatable bonds is 8. The van der Waals surface area contributed by atoms with Gasteiger partial charge < -0.3 is 4.74 Å². The summed E-state index contributed by atoms with van der Waals surface area (Å²) in [5.74, 6) is 3.53. The molecule has 0 unspecified atom stereocenters. The van der Waals surface area contributed by atoms with Crippen LogP contribution in [0.15, 0.2) is 70.1 Å². The van der Waals surface area contributed by atoms with Crippen LogP contribution in [-0.4, -0.2) is 16.2 Å². The van der Waals surface area contributed by atoms with Crippen molar-refractivity contribution in [1.29, 1.82) is 0 Å². The van der Waals surface area contributed by atoms with E-state index in [1.165, 1.54) is 22.3 Å². The third kappa shape index (κ3) is 9.08. The van der Waals surface area contributed by atoms with E-state index in [0.717, 1.165) is 40.7 Å². The number of hydrogen-bond acceptors (Lipinski definition) is 2. The molecule has 1 heterocycles. The molecule has 0 aliphatic carbocycles. The third-order valence-corrected chi connectivity index (χ3v) is 6.85. The van der Waals surface area contributed by atoms with E-state index >= 15 is 0 Å². The minimum atomic E-state index is 0.194. The molecule has 3 rings (SSSR count). The van der Waals surface area contributed by atoms with E-state index in [1.807, 2.05) is 0 Å². The SMILES string of the molecule is CC(=Nc1c(C(C)C)cccc1C(C)C)C1=CCC=C(C(C)=Nc2c(C(C)C)cccc2C(C)C)[OH+]1.[Cl][Fe][Cl]. The summed E-state index contributed by atoms with van der Waals surface area (Å²) in [4.78, 5) is 10.3. The van der Waals surface area contributed by atoms with E-state index in [2.05, 4.69) is 118 Å². The predicted molar refractivity (Wildman–Crippen MR) is 170 cm³/mol. The first-order valence-electron chi connectivity index (χ1n) is 13.8. The van der Waals surface area contributed by atoms with Crippen molar-refractivity contribution < 1.29 is 17.9 Å².